The molecular formula is C69H77N5O. The van der Waals surface area contributed by atoms with E-state index in [0.717, 1.165) is 78.0 Å². The number of hydrogen-bond acceptors (Lipinski definition) is 4. The molecule has 0 spiro atoms. The van der Waals surface area contributed by atoms with Crippen LogP contribution >= 0.6 is 0 Å². The highest BCUT2D eigenvalue weighted by Crippen LogP contribution is 2.48. The maximum atomic E-state index is 15.1. The monoisotopic (exact) mass is 992 g/mol. The van der Waals surface area contributed by atoms with E-state index in [9.17, 15) is 0 Å². The van der Waals surface area contributed by atoms with Crippen LogP contribution in [0.25, 0.3) is 90.0 Å². The number of aromatic nitrogens is 4. The fourth-order valence-electron chi connectivity index (χ4n) is 10.7. The van der Waals surface area contributed by atoms with Gasteiger partial charge in [0.25, 0.3) is 0 Å². The van der Waals surface area contributed by atoms with Gasteiger partial charge in [0.2, 0.25) is 0 Å². The van der Waals surface area contributed by atoms with E-state index in [2.05, 4.69) is 226 Å². The van der Waals surface area contributed by atoms with Crippen LogP contribution in [0.15, 0.2) is 103 Å². The third-order valence-corrected chi connectivity index (χ3v) is 15.6. The average molecular weight is 992 g/mol. The Bertz CT molecular complexity index is 3690. The predicted molar refractivity (Wildman–Crippen MR) is 319 cm³/mol. The number of carbonyl (C=O) groups is 1. The minimum absolute atomic E-state index is 0.126. The standard InChI is InChI=1S/C69H77N5O/c1-64(2,3)41-29-38(30-42(35-41)65(4,5)6)55-49-23-24-50(71-49)56(39-31-43(66(7,8)9)36-44(32-39)67(10,11)12)52-26-28-54(73-52)58-47-21-19-20-22-48(47)63(75)59-60(70)62(74-61(58)59)57(53-27-25-51(55)72-53)40-33-45(68(13,14)15)37-46(34-40)69(16,17)18/h19-37,72-73H,70H2,1-18H3. The Morgan fingerprint density at radius 3 is 1.05 bits per heavy atom. The van der Waals surface area contributed by atoms with E-state index in [1.165, 1.54) is 33.4 Å². The number of ketones is 1. The van der Waals surface area contributed by atoms with Crippen molar-refractivity contribution in [3.63, 3.8) is 0 Å². The quantitative estimate of drug-likeness (QED) is 0.164. The lowest BCUT2D eigenvalue weighted by Crippen LogP contribution is -2.16. The summed E-state index contributed by atoms with van der Waals surface area (Å²) in [6.07, 6.45) is 4.40. The molecule has 7 aromatic rings. The molecule has 384 valence electrons. The number of H-pyrrole nitrogens is 2. The number of nitrogens with two attached hydrogens (primary N) is 1. The molecule has 6 heteroatoms. The highest BCUT2D eigenvalue weighted by Gasteiger charge is 2.37. The summed E-state index contributed by atoms with van der Waals surface area (Å²) >= 11 is 0. The fourth-order valence-corrected chi connectivity index (χ4v) is 10.7. The lowest BCUT2D eigenvalue weighted by Gasteiger charge is -2.26. The van der Waals surface area contributed by atoms with Gasteiger partial charge in [-0.05, 0) is 125 Å². The summed E-state index contributed by atoms with van der Waals surface area (Å²) in [7, 11) is 0. The summed E-state index contributed by atoms with van der Waals surface area (Å²) in [5.41, 5.74) is 29.4. The van der Waals surface area contributed by atoms with Gasteiger partial charge in [0, 0.05) is 49.9 Å². The molecule has 10 rings (SSSR count). The van der Waals surface area contributed by atoms with E-state index in [4.69, 9.17) is 15.7 Å². The summed E-state index contributed by atoms with van der Waals surface area (Å²) in [4.78, 5) is 34.5. The zero-order valence-electron chi connectivity index (χ0n) is 47.8. The first-order chi connectivity index (χ1) is 34.8. The van der Waals surface area contributed by atoms with E-state index >= 15 is 4.79 Å². The molecule has 75 heavy (non-hydrogen) atoms. The third kappa shape index (κ3) is 9.23. The fraction of sp³-hybridized carbons (Fsp3) is 0.348. The van der Waals surface area contributed by atoms with Crippen molar-refractivity contribution in [3.05, 3.63) is 165 Å². The van der Waals surface area contributed by atoms with Crippen LogP contribution in [0.1, 0.15) is 191 Å². The van der Waals surface area contributed by atoms with Crippen LogP contribution in [0.4, 0.5) is 0 Å². The van der Waals surface area contributed by atoms with Crippen LogP contribution < -0.4 is 5.73 Å². The second-order valence-electron chi connectivity index (χ2n) is 27.7. The largest absolute Gasteiger partial charge is 0.396 e. The van der Waals surface area contributed by atoms with E-state index in [-0.39, 0.29) is 38.3 Å². The first-order valence-corrected chi connectivity index (χ1v) is 26.9. The topological polar surface area (TPSA) is 100 Å². The Hall–Kier alpha value is -7.05. The smallest absolute Gasteiger partial charge is 0.198 e. The van der Waals surface area contributed by atoms with E-state index in [1.807, 2.05) is 24.3 Å². The summed E-state index contributed by atoms with van der Waals surface area (Å²) in [5.74, 6) is -0.131. The summed E-state index contributed by atoms with van der Waals surface area (Å²) in [6.45, 7) is 41.0. The normalized spacial score (nSPS) is 14.2. The molecule has 0 atom stereocenters. The van der Waals surface area contributed by atoms with Gasteiger partial charge in [0.15, 0.2) is 5.78 Å². The van der Waals surface area contributed by atoms with Gasteiger partial charge in [0.1, 0.15) is 0 Å². The van der Waals surface area contributed by atoms with Gasteiger partial charge in [-0.1, -0.05) is 203 Å². The number of hydrogen-bond donors (Lipinski definition) is 3. The van der Waals surface area contributed by atoms with Crippen molar-refractivity contribution >= 4 is 51.3 Å². The molecule has 3 aliphatic rings. The summed E-state index contributed by atoms with van der Waals surface area (Å²) in [6, 6.07) is 37.7. The molecule has 4 N–H and O–H groups in total. The first-order valence-electron chi connectivity index (χ1n) is 26.9. The van der Waals surface area contributed by atoms with Crippen molar-refractivity contribution in [2.24, 2.45) is 5.73 Å². The molecule has 0 radical (unpaired) electrons. The van der Waals surface area contributed by atoms with Gasteiger partial charge >= 0.3 is 0 Å². The number of carbonyl (C=O) groups excluding carboxylic acids is 1. The molecular weight excluding hydrogens is 915 g/mol. The number of aromatic amines is 2. The van der Waals surface area contributed by atoms with Crippen molar-refractivity contribution in [1.29, 1.82) is 0 Å². The number of fused-ring (bicyclic) bond motifs is 10. The molecule has 0 fully saturated rings. The van der Waals surface area contributed by atoms with Crippen LogP contribution in [-0.2, 0) is 32.5 Å². The van der Waals surface area contributed by atoms with Crippen LogP contribution in [0.3, 0.4) is 0 Å². The maximum Gasteiger partial charge on any atom is 0.198 e. The van der Waals surface area contributed by atoms with Crippen LogP contribution in [-0.4, -0.2) is 25.7 Å². The average Bonchev–Trinajstić information content (AvgIpc) is 4.14. The van der Waals surface area contributed by atoms with E-state index in [1.54, 1.807) is 0 Å². The Morgan fingerprint density at radius 2 is 0.693 bits per heavy atom. The van der Waals surface area contributed by atoms with Gasteiger partial charge in [0.05, 0.1) is 34.0 Å². The molecule has 5 heterocycles. The van der Waals surface area contributed by atoms with Crippen molar-refractivity contribution < 1.29 is 4.79 Å². The molecule has 2 aliphatic heterocycles. The predicted octanol–water partition coefficient (Wildman–Crippen LogP) is 18.0. The van der Waals surface area contributed by atoms with Gasteiger partial charge in [-0.3, -0.25) is 4.79 Å². The van der Waals surface area contributed by atoms with Crippen LogP contribution in [0, 0.1) is 0 Å². The summed E-state index contributed by atoms with van der Waals surface area (Å²) in [5, 5.41) is 0. The van der Waals surface area contributed by atoms with Crippen molar-refractivity contribution in [2.75, 3.05) is 0 Å². The molecule has 1 aliphatic carbocycles. The Labute approximate surface area is 446 Å². The highest BCUT2D eigenvalue weighted by atomic mass is 16.1. The number of nitrogens with one attached hydrogen (secondary N) is 2. The molecule has 8 bridgehead atoms. The van der Waals surface area contributed by atoms with Crippen LogP contribution in [0.5, 0.6) is 0 Å². The van der Waals surface area contributed by atoms with E-state index < -0.39 is 0 Å². The molecule has 6 nitrogen and oxygen atoms in total. The number of benzene rings is 4. The molecule has 4 aromatic carbocycles. The minimum atomic E-state index is -0.174. The molecule has 0 saturated carbocycles. The molecule has 0 unspecified atom stereocenters. The Kier molecular flexibility index (Phi) is 11.8. The lowest BCUT2D eigenvalue weighted by atomic mass is 9.78. The maximum absolute atomic E-state index is 15.1. The van der Waals surface area contributed by atoms with E-state index in [0.29, 0.717) is 28.2 Å². The van der Waals surface area contributed by atoms with Crippen molar-refractivity contribution in [2.45, 2.75) is 157 Å². The lowest BCUT2D eigenvalue weighted by molar-refractivity contribution is 0.105. The zero-order chi connectivity index (χ0) is 54.3. The Balaban J connectivity index is 1.47. The molecule has 3 aromatic heterocycles. The number of nitrogens with zero attached hydrogens (tertiary/aromatic N) is 2. The molecule has 0 saturated heterocycles. The van der Waals surface area contributed by atoms with Gasteiger partial charge in [-0.2, -0.15) is 0 Å². The highest BCUT2D eigenvalue weighted by molar-refractivity contribution is 6.40. The first kappa shape index (κ1) is 51.4. The second-order valence-corrected chi connectivity index (χ2v) is 27.7. The third-order valence-electron chi connectivity index (χ3n) is 15.6. The minimum Gasteiger partial charge on any atom is -0.396 e. The van der Waals surface area contributed by atoms with Crippen molar-refractivity contribution in [3.8, 4) is 44.5 Å². The number of rotatable bonds is 3. The molecule has 0 amide bonds. The SMILES string of the molecule is CC(C)(C)c1cc(-c2c3nc(c(-c4cc(C(C)(C)C)cc(C(C)(C)C)c4)c4ccc([nH]4)c4c5nc(c(-c6cc(C(C)(C)C)cc(C(C)(C)C)c6)c6ccc2[nH]6)C(N)=C5C(=O)c2ccccc2-4)C=C3)cc(C(C)(C)C)c1. The van der Waals surface area contributed by atoms with Gasteiger partial charge in [-0.15, -0.1) is 0 Å². The van der Waals surface area contributed by atoms with Crippen molar-refractivity contribution in [1.82, 2.24) is 19.9 Å². The van der Waals surface area contributed by atoms with Gasteiger partial charge in [-0.25, -0.2) is 9.97 Å². The van der Waals surface area contributed by atoms with Crippen LogP contribution in [0.2, 0.25) is 0 Å². The number of allylic oxidation sites excluding steroid dienone is 1. The summed E-state index contributed by atoms with van der Waals surface area (Å²) < 4.78 is 0. The Morgan fingerprint density at radius 1 is 0.373 bits per heavy atom. The van der Waals surface area contributed by atoms with Gasteiger partial charge < -0.3 is 15.7 Å². The number of Topliss-reactive ketones (excluding diaryl/α,β-unsaturated/α-hetero) is 1. The zero-order valence-corrected chi connectivity index (χ0v) is 47.8. The second kappa shape index (κ2) is 17.2.